The highest BCUT2D eigenvalue weighted by atomic mass is 16.3. The molecule has 0 N–H and O–H groups in total. The Balaban J connectivity index is 1.13. The van der Waals surface area contributed by atoms with E-state index >= 15 is 0 Å². The molecule has 9 aromatic carbocycles. The number of nitrogens with zero attached hydrogens (tertiary/aromatic N) is 1. The van der Waals surface area contributed by atoms with E-state index in [9.17, 15) is 0 Å². The molecule has 0 saturated heterocycles. The Labute approximate surface area is 317 Å². The van der Waals surface area contributed by atoms with Gasteiger partial charge >= 0.3 is 0 Å². The van der Waals surface area contributed by atoms with Crippen LogP contribution in [0.5, 0.6) is 0 Å². The van der Waals surface area contributed by atoms with Gasteiger partial charge in [0.15, 0.2) is 0 Å². The van der Waals surface area contributed by atoms with Gasteiger partial charge in [-0.05, 0) is 87.8 Å². The molecule has 0 aliphatic heterocycles. The van der Waals surface area contributed by atoms with Crippen LogP contribution in [0.15, 0.2) is 209 Å². The number of benzene rings is 9. The van der Waals surface area contributed by atoms with Gasteiger partial charge in [-0.15, -0.1) is 0 Å². The van der Waals surface area contributed by atoms with Crippen molar-refractivity contribution in [1.82, 2.24) is 0 Å². The summed E-state index contributed by atoms with van der Waals surface area (Å²) in [6.07, 6.45) is 0. The molecular formula is C52H33NO2. The lowest BCUT2D eigenvalue weighted by atomic mass is 9.95. The van der Waals surface area contributed by atoms with E-state index in [1.807, 2.05) is 12.1 Å². The summed E-state index contributed by atoms with van der Waals surface area (Å²) in [5, 5.41) is 6.65. The van der Waals surface area contributed by atoms with E-state index in [1.165, 1.54) is 16.7 Å². The number of anilines is 3. The maximum atomic E-state index is 6.66. The van der Waals surface area contributed by atoms with Crippen molar-refractivity contribution in [2.75, 3.05) is 4.90 Å². The van der Waals surface area contributed by atoms with Crippen molar-refractivity contribution in [1.29, 1.82) is 0 Å². The van der Waals surface area contributed by atoms with Gasteiger partial charge in [0.2, 0.25) is 0 Å². The molecule has 0 aliphatic rings. The van der Waals surface area contributed by atoms with Crippen LogP contribution in [0.3, 0.4) is 0 Å². The molecule has 3 heteroatoms. The van der Waals surface area contributed by atoms with E-state index in [2.05, 4.69) is 193 Å². The highest BCUT2D eigenvalue weighted by Crippen LogP contribution is 2.48. The van der Waals surface area contributed by atoms with Crippen molar-refractivity contribution in [2.45, 2.75) is 0 Å². The quantitative estimate of drug-likeness (QED) is 0.173. The highest BCUT2D eigenvalue weighted by molar-refractivity contribution is 6.20. The number of hydrogen-bond acceptors (Lipinski definition) is 3. The minimum Gasteiger partial charge on any atom is -0.456 e. The van der Waals surface area contributed by atoms with E-state index in [0.29, 0.717) is 0 Å². The lowest BCUT2D eigenvalue weighted by Crippen LogP contribution is -2.11. The van der Waals surface area contributed by atoms with Gasteiger partial charge in [-0.3, -0.25) is 0 Å². The van der Waals surface area contributed by atoms with Crippen LogP contribution in [-0.2, 0) is 0 Å². The van der Waals surface area contributed by atoms with Gasteiger partial charge in [0.1, 0.15) is 22.3 Å². The Morgan fingerprint density at radius 1 is 0.327 bits per heavy atom. The summed E-state index contributed by atoms with van der Waals surface area (Å²) in [6, 6.07) is 70.9. The standard InChI is InChI=1S/C52H33NO2/c1-2-13-34(14-3-1)37-16-10-17-38(33-37)35-27-30-39(31-28-35)53(46-23-12-26-49-51(46)43-20-7-9-24-47(43)54-49)45-22-8-6-19-41(45)42-21-11-25-48-50(42)44-32-29-36-15-4-5-18-40(36)52(44)55-48/h1-33H. The number of hydrogen-bond donors (Lipinski definition) is 0. The molecule has 3 nitrogen and oxygen atoms in total. The number of fused-ring (bicyclic) bond motifs is 8. The molecule has 0 aliphatic carbocycles. The normalized spacial score (nSPS) is 11.6. The third kappa shape index (κ3) is 5.13. The Bertz CT molecular complexity index is 3210. The molecule has 55 heavy (non-hydrogen) atoms. The van der Waals surface area contributed by atoms with E-state index < -0.39 is 0 Å². The monoisotopic (exact) mass is 703 g/mol. The first-order valence-corrected chi connectivity index (χ1v) is 18.7. The van der Waals surface area contributed by atoms with Crippen LogP contribution in [0.1, 0.15) is 0 Å². The Morgan fingerprint density at radius 2 is 0.927 bits per heavy atom. The fraction of sp³-hybridized carbons (Fsp3) is 0. The minimum atomic E-state index is 0.852. The average molecular weight is 704 g/mol. The van der Waals surface area contributed by atoms with Crippen LogP contribution in [0, 0.1) is 0 Å². The molecule has 0 amide bonds. The molecule has 0 saturated carbocycles. The van der Waals surface area contributed by atoms with Gasteiger partial charge in [-0.25, -0.2) is 0 Å². The third-order valence-electron chi connectivity index (χ3n) is 10.9. The molecule has 11 rings (SSSR count). The molecule has 0 bridgehead atoms. The van der Waals surface area contributed by atoms with Crippen LogP contribution < -0.4 is 4.90 Å². The second kappa shape index (κ2) is 12.6. The predicted octanol–water partition coefficient (Wildman–Crippen LogP) is 15.1. The number of rotatable bonds is 6. The molecule has 0 fully saturated rings. The van der Waals surface area contributed by atoms with E-state index in [4.69, 9.17) is 8.83 Å². The van der Waals surface area contributed by atoms with Crippen molar-refractivity contribution < 1.29 is 8.83 Å². The molecule has 2 heterocycles. The highest BCUT2D eigenvalue weighted by Gasteiger charge is 2.24. The van der Waals surface area contributed by atoms with Crippen LogP contribution in [0.4, 0.5) is 17.1 Å². The van der Waals surface area contributed by atoms with Gasteiger partial charge in [-0.1, -0.05) is 146 Å². The summed E-state index contributed by atoms with van der Waals surface area (Å²) in [5.74, 6) is 0. The first-order chi connectivity index (χ1) is 27.3. The summed E-state index contributed by atoms with van der Waals surface area (Å²) in [5.41, 5.74) is 13.6. The molecule has 2 aromatic heterocycles. The van der Waals surface area contributed by atoms with Gasteiger partial charge < -0.3 is 13.7 Å². The van der Waals surface area contributed by atoms with Crippen molar-refractivity contribution in [3.8, 4) is 33.4 Å². The van der Waals surface area contributed by atoms with Crippen molar-refractivity contribution in [3.05, 3.63) is 200 Å². The first-order valence-electron chi connectivity index (χ1n) is 18.7. The minimum absolute atomic E-state index is 0.852. The van der Waals surface area contributed by atoms with Crippen molar-refractivity contribution in [3.63, 3.8) is 0 Å². The van der Waals surface area contributed by atoms with Crippen LogP contribution in [0.25, 0.3) is 88.0 Å². The molecule has 11 aromatic rings. The zero-order chi connectivity index (χ0) is 36.3. The van der Waals surface area contributed by atoms with Crippen LogP contribution in [-0.4, -0.2) is 0 Å². The van der Waals surface area contributed by atoms with Gasteiger partial charge in [0.05, 0.1) is 16.8 Å². The molecule has 0 radical (unpaired) electrons. The lowest BCUT2D eigenvalue weighted by Gasteiger charge is -2.29. The number of furan rings is 2. The summed E-state index contributed by atoms with van der Waals surface area (Å²) in [7, 11) is 0. The molecule has 0 spiro atoms. The summed E-state index contributed by atoms with van der Waals surface area (Å²) < 4.78 is 13.1. The second-order valence-electron chi connectivity index (χ2n) is 14.0. The van der Waals surface area contributed by atoms with Gasteiger partial charge in [-0.2, -0.15) is 0 Å². The van der Waals surface area contributed by atoms with E-state index in [-0.39, 0.29) is 0 Å². The summed E-state index contributed by atoms with van der Waals surface area (Å²) >= 11 is 0. The molecule has 258 valence electrons. The second-order valence-corrected chi connectivity index (χ2v) is 14.0. The number of para-hydroxylation sites is 2. The summed E-state index contributed by atoms with van der Waals surface area (Å²) in [6.45, 7) is 0. The van der Waals surface area contributed by atoms with Gasteiger partial charge in [0, 0.05) is 32.8 Å². The average Bonchev–Trinajstić information content (AvgIpc) is 3.84. The molecular weight excluding hydrogens is 671 g/mol. The maximum absolute atomic E-state index is 6.66. The van der Waals surface area contributed by atoms with E-state index in [0.717, 1.165) is 88.4 Å². The van der Waals surface area contributed by atoms with Crippen molar-refractivity contribution in [2.24, 2.45) is 0 Å². The fourth-order valence-corrected chi connectivity index (χ4v) is 8.34. The van der Waals surface area contributed by atoms with Crippen LogP contribution >= 0.6 is 0 Å². The smallest absolute Gasteiger partial charge is 0.143 e. The van der Waals surface area contributed by atoms with Crippen LogP contribution in [0.2, 0.25) is 0 Å². The van der Waals surface area contributed by atoms with Crippen molar-refractivity contribution >= 4 is 71.7 Å². The van der Waals surface area contributed by atoms with Gasteiger partial charge in [0.25, 0.3) is 0 Å². The Morgan fingerprint density at radius 3 is 1.78 bits per heavy atom. The lowest BCUT2D eigenvalue weighted by molar-refractivity contribution is 0.669. The SMILES string of the molecule is c1ccc(-c2cccc(-c3ccc(N(c4ccccc4-c4cccc5oc6c7ccccc7ccc6c45)c4cccc5oc6ccccc6c45)cc3)c2)cc1. The molecule has 0 atom stereocenters. The largest absolute Gasteiger partial charge is 0.456 e. The maximum Gasteiger partial charge on any atom is 0.143 e. The zero-order valence-electron chi connectivity index (χ0n) is 29.8. The predicted molar refractivity (Wildman–Crippen MR) is 229 cm³/mol. The summed E-state index contributed by atoms with van der Waals surface area (Å²) in [4.78, 5) is 2.39. The Kier molecular flexibility index (Phi) is 7.17. The Hall–Kier alpha value is -7.36. The zero-order valence-corrected chi connectivity index (χ0v) is 29.8. The topological polar surface area (TPSA) is 29.5 Å². The third-order valence-corrected chi connectivity index (χ3v) is 10.9. The molecule has 0 unspecified atom stereocenters. The first kappa shape index (κ1) is 31.2. The fourth-order valence-electron chi connectivity index (χ4n) is 8.34. The van der Waals surface area contributed by atoms with E-state index in [1.54, 1.807) is 0 Å².